The summed E-state index contributed by atoms with van der Waals surface area (Å²) in [4.78, 5) is 70.9. The number of carbonyl (C=O) groups is 5. The first-order valence-electron chi connectivity index (χ1n) is 10.2. The Balaban J connectivity index is 1.51. The van der Waals surface area contributed by atoms with Gasteiger partial charge in [-0.2, -0.15) is 0 Å². The number of β-lactam (4-membered cyclic amide) rings is 1. The molecule has 1 aromatic rings. The molecular weight excluding hydrogens is 504 g/mol. The number of oxime groups is 1. The zero-order valence-electron chi connectivity index (χ0n) is 18.2. The Kier molecular flexibility index (Phi) is 6.93. The number of carbonyl (C=O) groups excluding carboxylic acids is 4. The molecule has 3 aliphatic rings. The predicted molar refractivity (Wildman–Crippen MR) is 122 cm³/mol. The molecule has 0 bridgehead atoms. The van der Waals surface area contributed by atoms with Gasteiger partial charge in [-0.25, -0.2) is 9.78 Å². The van der Waals surface area contributed by atoms with Crippen LogP contribution in [0.15, 0.2) is 21.8 Å². The third-order valence-electron chi connectivity index (χ3n) is 5.24. The molecule has 3 atom stereocenters. The molecule has 5 N–H and O–H groups in total. The van der Waals surface area contributed by atoms with Crippen molar-refractivity contribution in [3.8, 4) is 0 Å². The van der Waals surface area contributed by atoms with Crippen molar-refractivity contribution in [3.05, 3.63) is 22.3 Å². The van der Waals surface area contributed by atoms with Crippen LogP contribution >= 0.6 is 23.1 Å². The van der Waals surface area contributed by atoms with Crippen LogP contribution in [0.25, 0.3) is 0 Å². The number of nitrogens with one attached hydrogen (secondary N) is 2. The lowest BCUT2D eigenvalue weighted by molar-refractivity contribution is -0.150. The van der Waals surface area contributed by atoms with E-state index in [1.165, 1.54) is 24.1 Å². The van der Waals surface area contributed by atoms with E-state index in [2.05, 4.69) is 20.8 Å². The SMILES string of the molecule is CC(=O)OCC1=C(C(=O)O)N2C(=O)[C@H](NC(=O)/C(=N\O[C@H]3CCNC3=O)c3csc(N)n3)[C@H]2SC1. The van der Waals surface area contributed by atoms with Crippen LogP contribution in [0.2, 0.25) is 0 Å². The minimum absolute atomic E-state index is 0.0955. The first-order valence-corrected chi connectivity index (χ1v) is 12.2. The Morgan fingerprint density at radius 2 is 2.17 bits per heavy atom. The molecule has 2 fully saturated rings. The number of carboxylic acid groups (broad SMARTS) is 1. The van der Waals surface area contributed by atoms with E-state index in [-0.39, 0.29) is 46.1 Å². The van der Waals surface area contributed by atoms with Crippen LogP contribution in [0.5, 0.6) is 0 Å². The van der Waals surface area contributed by atoms with Gasteiger partial charge in [-0.3, -0.25) is 24.1 Å². The highest BCUT2D eigenvalue weighted by atomic mass is 32.2. The zero-order chi connectivity index (χ0) is 25.3. The van der Waals surface area contributed by atoms with Crippen molar-refractivity contribution in [2.24, 2.45) is 5.16 Å². The second-order valence-corrected chi connectivity index (χ2v) is 9.58. The highest BCUT2D eigenvalue weighted by Crippen LogP contribution is 2.40. The van der Waals surface area contributed by atoms with Gasteiger partial charge in [0.05, 0.1) is 0 Å². The summed E-state index contributed by atoms with van der Waals surface area (Å²) in [5, 5.41) is 19.5. The van der Waals surface area contributed by atoms with Crippen molar-refractivity contribution in [3.63, 3.8) is 0 Å². The average molecular weight is 525 g/mol. The van der Waals surface area contributed by atoms with Gasteiger partial charge in [0.15, 0.2) is 10.8 Å². The van der Waals surface area contributed by atoms with Crippen molar-refractivity contribution >= 4 is 63.6 Å². The molecule has 0 spiro atoms. The van der Waals surface area contributed by atoms with Crippen LogP contribution in [-0.4, -0.2) is 86.8 Å². The molecule has 4 heterocycles. The fraction of sp³-hybridized carbons (Fsp3) is 0.421. The number of anilines is 1. The lowest BCUT2D eigenvalue weighted by Crippen LogP contribution is -2.71. The number of fused-ring (bicyclic) bond motifs is 1. The molecule has 4 rings (SSSR count). The predicted octanol–water partition coefficient (Wildman–Crippen LogP) is -1.36. The lowest BCUT2D eigenvalue weighted by Gasteiger charge is -2.49. The number of aliphatic carboxylic acids is 1. The Morgan fingerprint density at radius 1 is 1.40 bits per heavy atom. The van der Waals surface area contributed by atoms with Crippen molar-refractivity contribution in [2.75, 3.05) is 24.6 Å². The highest BCUT2D eigenvalue weighted by molar-refractivity contribution is 8.00. The smallest absolute Gasteiger partial charge is 0.352 e. The summed E-state index contributed by atoms with van der Waals surface area (Å²) in [5.74, 6) is -3.58. The van der Waals surface area contributed by atoms with E-state index in [0.29, 0.717) is 13.0 Å². The number of hydrogen-bond donors (Lipinski definition) is 4. The van der Waals surface area contributed by atoms with Gasteiger partial charge in [0.25, 0.3) is 17.7 Å². The number of nitrogen functional groups attached to an aromatic ring is 1. The molecule has 35 heavy (non-hydrogen) atoms. The topological polar surface area (TPSA) is 203 Å². The zero-order valence-corrected chi connectivity index (χ0v) is 19.8. The summed E-state index contributed by atoms with van der Waals surface area (Å²) >= 11 is 2.27. The maximum absolute atomic E-state index is 13.1. The summed E-state index contributed by atoms with van der Waals surface area (Å²) < 4.78 is 4.90. The summed E-state index contributed by atoms with van der Waals surface area (Å²) in [6.45, 7) is 1.35. The maximum Gasteiger partial charge on any atom is 0.352 e. The summed E-state index contributed by atoms with van der Waals surface area (Å²) in [5.41, 5.74) is 5.47. The summed E-state index contributed by atoms with van der Waals surface area (Å²) in [6.07, 6.45) is -0.506. The number of nitrogens with two attached hydrogens (primary N) is 1. The van der Waals surface area contributed by atoms with E-state index < -0.39 is 41.3 Å². The van der Waals surface area contributed by atoms with Crippen LogP contribution in [0, 0.1) is 0 Å². The van der Waals surface area contributed by atoms with Crippen molar-refractivity contribution in [1.29, 1.82) is 0 Å². The molecule has 3 amide bonds. The number of amides is 3. The molecule has 0 aliphatic carbocycles. The van der Waals surface area contributed by atoms with Gasteiger partial charge in [0, 0.05) is 36.6 Å². The van der Waals surface area contributed by atoms with Crippen molar-refractivity contribution in [2.45, 2.75) is 30.9 Å². The number of rotatable bonds is 8. The Hall–Kier alpha value is -3.66. The van der Waals surface area contributed by atoms with Crippen molar-refractivity contribution in [1.82, 2.24) is 20.5 Å². The number of nitrogens with zero attached hydrogens (tertiary/aromatic N) is 3. The van der Waals surface area contributed by atoms with Gasteiger partial charge in [-0.1, -0.05) is 5.16 Å². The van der Waals surface area contributed by atoms with Crippen LogP contribution in [0.3, 0.4) is 0 Å². The molecule has 1 aromatic heterocycles. The highest BCUT2D eigenvalue weighted by Gasteiger charge is 2.54. The minimum atomic E-state index is -1.35. The van der Waals surface area contributed by atoms with E-state index in [1.807, 2.05) is 0 Å². The minimum Gasteiger partial charge on any atom is -0.477 e. The second kappa shape index (κ2) is 9.91. The molecular formula is C19H20N6O8S2. The van der Waals surface area contributed by atoms with Crippen LogP contribution in [0.4, 0.5) is 5.13 Å². The van der Waals surface area contributed by atoms with E-state index in [9.17, 15) is 29.1 Å². The number of hydrogen-bond acceptors (Lipinski definition) is 12. The molecule has 0 unspecified atom stereocenters. The standard InChI is InChI=1S/C19H20N6O8S2/c1-7(26)32-4-8-5-34-17-12(16(29)25(17)13(8)18(30)31)23-15(28)11(9-6-35-19(20)22-9)24-33-10-2-3-21-14(10)27/h6,10,12,17H,2-5H2,1H3,(H2,20,22)(H,21,27)(H,23,28)(H,30,31)/b24-11-/t10-,12-,17+/m0/s1. The second-order valence-electron chi connectivity index (χ2n) is 7.58. The van der Waals surface area contributed by atoms with Crippen molar-refractivity contribution < 1.29 is 38.7 Å². The number of thiazole rings is 1. The van der Waals surface area contributed by atoms with E-state index >= 15 is 0 Å². The Bertz CT molecular complexity index is 1160. The molecule has 0 aromatic carbocycles. The fourth-order valence-electron chi connectivity index (χ4n) is 3.58. The number of thioether (sulfide) groups is 1. The number of aromatic nitrogens is 1. The van der Waals surface area contributed by atoms with E-state index in [0.717, 1.165) is 16.2 Å². The molecule has 0 radical (unpaired) electrons. The lowest BCUT2D eigenvalue weighted by atomic mass is 10.0. The number of esters is 1. The van der Waals surface area contributed by atoms with Crippen LogP contribution in [-0.2, 0) is 33.5 Å². The quantitative estimate of drug-likeness (QED) is 0.135. The number of ether oxygens (including phenoxy) is 1. The monoisotopic (exact) mass is 524 g/mol. The Labute approximate surface area is 205 Å². The third-order valence-corrected chi connectivity index (χ3v) is 7.25. The first-order chi connectivity index (χ1) is 16.7. The maximum atomic E-state index is 13.1. The van der Waals surface area contributed by atoms with E-state index in [1.54, 1.807) is 0 Å². The normalized spacial score (nSPS) is 23.9. The van der Waals surface area contributed by atoms with Crippen LogP contribution < -0.4 is 16.4 Å². The average Bonchev–Trinajstić information content (AvgIpc) is 3.43. The summed E-state index contributed by atoms with van der Waals surface area (Å²) in [7, 11) is 0. The first kappa shape index (κ1) is 24.5. The van der Waals surface area contributed by atoms with Gasteiger partial charge in [0.2, 0.25) is 6.10 Å². The molecule has 16 heteroatoms. The fourth-order valence-corrected chi connectivity index (χ4v) is 5.46. The van der Waals surface area contributed by atoms with E-state index in [4.69, 9.17) is 15.3 Å². The van der Waals surface area contributed by atoms with Gasteiger partial charge < -0.3 is 31.0 Å². The largest absolute Gasteiger partial charge is 0.477 e. The van der Waals surface area contributed by atoms with Gasteiger partial charge >= 0.3 is 11.9 Å². The molecule has 3 aliphatic heterocycles. The molecule has 0 saturated carbocycles. The number of carboxylic acids is 1. The van der Waals surface area contributed by atoms with Gasteiger partial charge in [0.1, 0.15) is 29.4 Å². The summed E-state index contributed by atoms with van der Waals surface area (Å²) in [6, 6.07) is -1.05. The molecule has 2 saturated heterocycles. The van der Waals surface area contributed by atoms with Gasteiger partial charge in [-0.05, 0) is 0 Å². The van der Waals surface area contributed by atoms with Gasteiger partial charge in [-0.15, -0.1) is 23.1 Å². The Morgan fingerprint density at radius 3 is 2.77 bits per heavy atom. The molecule has 186 valence electrons. The third kappa shape index (κ3) is 4.93. The molecule has 14 nitrogen and oxygen atoms in total. The van der Waals surface area contributed by atoms with Crippen LogP contribution in [0.1, 0.15) is 19.0 Å².